The molecule has 0 aromatic rings. The van der Waals surface area contributed by atoms with E-state index in [0.717, 1.165) is 25.0 Å². The summed E-state index contributed by atoms with van der Waals surface area (Å²) >= 11 is 1.95. The molecule has 0 radical (unpaired) electrons. The Morgan fingerprint density at radius 3 is 2.71 bits per heavy atom. The van der Waals surface area contributed by atoms with E-state index in [1.54, 1.807) is 0 Å². The minimum atomic E-state index is -3.02. The quantitative estimate of drug-likeness (QED) is 0.808. The fraction of sp³-hybridized carbons (Fsp3) is 1.00. The van der Waals surface area contributed by atoms with Crippen LogP contribution in [-0.2, 0) is 10.0 Å². The summed E-state index contributed by atoms with van der Waals surface area (Å²) in [6.07, 6.45) is 5.61. The van der Waals surface area contributed by atoms with Crippen molar-refractivity contribution < 1.29 is 8.42 Å². The molecule has 0 saturated heterocycles. The highest BCUT2D eigenvalue weighted by molar-refractivity contribution is 7.99. The molecule has 1 saturated carbocycles. The van der Waals surface area contributed by atoms with E-state index in [-0.39, 0.29) is 6.04 Å². The summed E-state index contributed by atoms with van der Waals surface area (Å²) in [6.45, 7) is 2.15. The molecule has 1 aliphatic rings. The van der Waals surface area contributed by atoms with E-state index in [9.17, 15) is 8.42 Å². The van der Waals surface area contributed by atoms with Gasteiger partial charge in [-0.05, 0) is 25.0 Å². The largest absolute Gasteiger partial charge is 0.213 e. The molecule has 0 amide bonds. The molecule has 0 aromatic heterocycles. The van der Waals surface area contributed by atoms with Crippen molar-refractivity contribution in [3.8, 4) is 0 Å². The molecule has 1 N–H and O–H groups in total. The summed E-state index contributed by atoms with van der Waals surface area (Å²) in [5, 5.41) is 0.646. The van der Waals surface area contributed by atoms with Crippen molar-refractivity contribution >= 4 is 21.8 Å². The maximum atomic E-state index is 11.0. The van der Waals surface area contributed by atoms with Crippen LogP contribution in [0.15, 0.2) is 0 Å². The van der Waals surface area contributed by atoms with Crippen molar-refractivity contribution in [3.63, 3.8) is 0 Å². The first-order chi connectivity index (χ1) is 6.51. The van der Waals surface area contributed by atoms with E-state index in [1.807, 2.05) is 11.8 Å². The third-order valence-corrected chi connectivity index (χ3v) is 4.40. The molecule has 2 atom stereocenters. The molecule has 0 bridgehead atoms. The van der Waals surface area contributed by atoms with Crippen molar-refractivity contribution in [1.82, 2.24) is 4.72 Å². The first-order valence-electron chi connectivity index (χ1n) is 5.10. The Morgan fingerprint density at radius 1 is 1.43 bits per heavy atom. The smallest absolute Gasteiger partial charge is 0.208 e. The van der Waals surface area contributed by atoms with Gasteiger partial charge in [-0.1, -0.05) is 13.3 Å². The lowest BCUT2D eigenvalue weighted by Crippen LogP contribution is -2.38. The molecule has 1 aliphatic carbocycles. The van der Waals surface area contributed by atoms with E-state index in [4.69, 9.17) is 0 Å². The molecule has 0 aromatic carbocycles. The SMILES string of the molecule is CCSC1CCCC(NS(C)(=O)=O)C1. The van der Waals surface area contributed by atoms with Crippen molar-refractivity contribution in [1.29, 1.82) is 0 Å². The number of hydrogen-bond acceptors (Lipinski definition) is 3. The van der Waals surface area contributed by atoms with Crippen LogP contribution in [0.5, 0.6) is 0 Å². The highest BCUT2D eigenvalue weighted by atomic mass is 32.2. The van der Waals surface area contributed by atoms with Gasteiger partial charge in [0.15, 0.2) is 0 Å². The van der Waals surface area contributed by atoms with Gasteiger partial charge in [0.05, 0.1) is 6.26 Å². The third kappa shape index (κ3) is 4.66. The van der Waals surface area contributed by atoms with E-state index in [2.05, 4.69) is 11.6 Å². The second-order valence-corrected chi connectivity index (χ2v) is 7.19. The summed E-state index contributed by atoms with van der Waals surface area (Å²) in [6, 6.07) is 0.169. The number of thioether (sulfide) groups is 1. The van der Waals surface area contributed by atoms with E-state index in [1.165, 1.54) is 12.7 Å². The standard InChI is InChI=1S/C9H19NO2S2/c1-3-13-9-6-4-5-8(7-9)10-14(2,11)12/h8-10H,3-7H2,1-2H3. The molecular weight excluding hydrogens is 218 g/mol. The maximum Gasteiger partial charge on any atom is 0.208 e. The fourth-order valence-electron chi connectivity index (χ4n) is 1.94. The van der Waals surface area contributed by atoms with Crippen molar-refractivity contribution in [2.75, 3.05) is 12.0 Å². The normalized spacial score (nSPS) is 29.0. The van der Waals surface area contributed by atoms with E-state index in [0.29, 0.717) is 5.25 Å². The minimum Gasteiger partial charge on any atom is -0.213 e. The molecule has 5 heteroatoms. The van der Waals surface area contributed by atoms with Crippen molar-refractivity contribution in [2.45, 2.75) is 43.9 Å². The van der Waals surface area contributed by atoms with Crippen LogP contribution in [-0.4, -0.2) is 31.7 Å². The molecule has 0 aliphatic heterocycles. The van der Waals surface area contributed by atoms with Gasteiger partial charge < -0.3 is 0 Å². The lowest BCUT2D eigenvalue weighted by molar-refractivity contribution is 0.421. The molecule has 3 nitrogen and oxygen atoms in total. The molecule has 0 spiro atoms. The van der Waals surface area contributed by atoms with Crippen LogP contribution < -0.4 is 4.72 Å². The molecular formula is C9H19NO2S2. The summed E-state index contributed by atoms with van der Waals surface area (Å²) in [7, 11) is -3.02. The summed E-state index contributed by atoms with van der Waals surface area (Å²) < 4.78 is 24.8. The van der Waals surface area contributed by atoms with Gasteiger partial charge in [-0.3, -0.25) is 0 Å². The summed E-state index contributed by atoms with van der Waals surface area (Å²) in [5.41, 5.74) is 0. The average molecular weight is 237 g/mol. The zero-order chi connectivity index (χ0) is 10.6. The van der Waals surface area contributed by atoms with Gasteiger partial charge >= 0.3 is 0 Å². The highest BCUT2D eigenvalue weighted by Crippen LogP contribution is 2.28. The zero-order valence-electron chi connectivity index (χ0n) is 8.82. The topological polar surface area (TPSA) is 46.2 Å². The molecule has 2 unspecified atom stereocenters. The molecule has 0 heterocycles. The number of nitrogens with one attached hydrogen (secondary N) is 1. The van der Waals surface area contributed by atoms with Gasteiger partial charge in [0, 0.05) is 11.3 Å². The van der Waals surface area contributed by atoms with Crippen LogP contribution >= 0.6 is 11.8 Å². The predicted molar refractivity (Wildman–Crippen MR) is 62.2 cm³/mol. The molecule has 1 fully saturated rings. The lowest BCUT2D eigenvalue weighted by atomic mass is 9.96. The first-order valence-corrected chi connectivity index (χ1v) is 8.04. The number of rotatable bonds is 4. The third-order valence-electron chi connectivity index (χ3n) is 2.41. The van der Waals surface area contributed by atoms with Crippen LogP contribution in [0.1, 0.15) is 32.6 Å². The lowest BCUT2D eigenvalue weighted by Gasteiger charge is -2.28. The Kier molecular flexibility index (Phi) is 4.73. The molecule has 84 valence electrons. The van der Waals surface area contributed by atoms with E-state index < -0.39 is 10.0 Å². The van der Waals surface area contributed by atoms with Crippen LogP contribution in [0.3, 0.4) is 0 Å². The predicted octanol–water partition coefficient (Wildman–Crippen LogP) is 1.60. The van der Waals surface area contributed by atoms with Crippen LogP contribution in [0.4, 0.5) is 0 Å². The van der Waals surface area contributed by atoms with Crippen molar-refractivity contribution in [2.24, 2.45) is 0 Å². The van der Waals surface area contributed by atoms with Crippen LogP contribution in [0, 0.1) is 0 Å². The maximum absolute atomic E-state index is 11.0. The van der Waals surface area contributed by atoms with Gasteiger partial charge in [-0.25, -0.2) is 13.1 Å². The Bertz CT molecular complexity index is 262. The van der Waals surface area contributed by atoms with Gasteiger partial charge in [-0.2, -0.15) is 11.8 Å². The first kappa shape index (κ1) is 12.3. The molecule has 1 rings (SSSR count). The number of sulfonamides is 1. The monoisotopic (exact) mass is 237 g/mol. The van der Waals surface area contributed by atoms with Gasteiger partial charge in [0.25, 0.3) is 0 Å². The second kappa shape index (κ2) is 5.37. The molecule has 14 heavy (non-hydrogen) atoms. The number of hydrogen-bond donors (Lipinski definition) is 1. The average Bonchev–Trinajstić information content (AvgIpc) is 2.02. The van der Waals surface area contributed by atoms with Crippen LogP contribution in [0.25, 0.3) is 0 Å². The zero-order valence-corrected chi connectivity index (χ0v) is 10.5. The van der Waals surface area contributed by atoms with Gasteiger partial charge in [0.1, 0.15) is 0 Å². The highest BCUT2D eigenvalue weighted by Gasteiger charge is 2.23. The van der Waals surface area contributed by atoms with Gasteiger partial charge in [0.2, 0.25) is 10.0 Å². The Balaban J connectivity index is 2.40. The Morgan fingerprint density at radius 2 is 2.14 bits per heavy atom. The van der Waals surface area contributed by atoms with Gasteiger partial charge in [-0.15, -0.1) is 0 Å². The van der Waals surface area contributed by atoms with Crippen molar-refractivity contribution in [3.05, 3.63) is 0 Å². The second-order valence-electron chi connectivity index (χ2n) is 3.83. The minimum absolute atomic E-state index is 0.169. The van der Waals surface area contributed by atoms with E-state index >= 15 is 0 Å². The van der Waals surface area contributed by atoms with Crippen LogP contribution in [0.2, 0.25) is 0 Å². The summed E-state index contributed by atoms with van der Waals surface area (Å²) in [5.74, 6) is 1.12. The Labute approximate surface area is 91.1 Å². The Hall–Kier alpha value is 0.260. The fourth-order valence-corrected chi connectivity index (χ4v) is 3.93. The summed E-state index contributed by atoms with van der Waals surface area (Å²) in [4.78, 5) is 0.